The van der Waals surface area contributed by atoms with Gasteiger partial charge in [-0.25, -0.2) is 0 Å². The molecule has 2 heteroatoms. The first kappa shape index (κ1) is 12.0. The van der Waals surface area contributed by atoms with Crippen molar-refractivity contribution in [3.63, 3.8) is 0 Å². The monoisotopic (exact) mass is 252 g/mol. The van der Waals surface area contributed by atoms with Crippen LogP contribution >= 0.6 is 0 Å². The number of hydrogen-bond acceptors (Lipinski definition) is 2. The van der Waals surface area contributed by atoms with Crippen LogP contribution in [-0.4, -0.2) is 6.29 Å². The summed E-state index contributed by atoms with van der Waals surface area (Å²) in [6.45, 7) is 2.64. The van der Waals surface area contributed by atoms with Crippen molar-refractivity contribution < 1.29 is 9.53 Å². The summed E-state index contributed by atoms with van der Waals surface area (Å²) in [5, 5.41) is 0. The summed E-state index contributed by atoms with van der Waals surface area (Å²) in [4.78, 5) is 11.6. The van der Waals surface area contributed by atoms with Crippen LogP contribution in [-0.2, 0) is 17.8 Å². The van der Waals surface area contributed by atoms with Gasteiger partial charge < -0.3 is 9.53 Å². The number of carbonyl (C=O) groups is 1. The van der Waals surface area contributed by atoms with E-state index in [-0.39, 0.29) is 5.92 Å². The quantitative estimate of drug-likeness (QED) is 0.765. The van der Waals surface area contributed by atoms with E-state index in [1.165, 1.54) is 5.56 Å². The third-order valence-corrected chi connectivity index (χ3v) is 3.73. The minimum atomic E-state index is -0.222. The molecule has 0 fully saturated rings. The zero-order valence-electron chi connectivity index (χ0n) is 10.9. The Morgan fingerprint density at radius 2 is 2.05 bits per heavy atom. The molecule has 3 rings (SSSR count). The Kier molecular flexibility index (Phi) is 3.08. The second kappa shape index (κ2) is 4.88. The van der Waals surface area contributed by atoms with Gasteiger partial charge in [0, 0.05) is 5.56 Å². The Bertz CT molecular complexity index is 616. The molecule has 0 aliphatic carbocycles. The highest BCUT2D eigenvalue weighted by Gasteiger charge is 2.24. The Morgan fingerprint density at radius 3 is 2.84 bits per heavy atom. The summed E-state index contributed by atoms with van der Waals surface area (Å²) < 4.78 is 5.85. The van der Waals surface area contributed by atoms with Crippen molar-refractivity contribution in [1.29, 1.82) is 0 Å². The zero-order valence-corrected chi connectivity index (χ0v) is 10.9. The van der Waals surface area contributed by atoms with Gasteiger partial charge in [-0.3, -0.25) is 0 Å². The molecule has 1 heterocycles. The molecular weight excluding hydrogens is 236 g/mol. The molecule has 19 heavy (non-hydrogen) atoms. The average Bonchev–Trinajstić information content (AvgIpc) is 2.62. The summed E-state index contributed by atoms with van der Waals surface area (Å²) in [6, 6.07) is 14.1. The maximum absolute atomic E-state index is 11.6. The molecule has 0 spiro atoms. The molecule has 0 radical (unpaired) electrons. The van der Waals surface area contributed by atoms with Crippen molar-refractivity contribution in [3.8, 4) is 5.75 Å². The Morgan fingerprint density at radius 1 is 1.21 bits per heavy atom. The smallest absolute Gasteiger partial charge is 0.132 e. The predicted octanol–water partition coefficient (Wildman–Crippen LogP) is 3.47. The number of ether oxygens (including phenoxy) is 1. The van der Waals surface area contributed by atoms with E-state index >= 15 is 0 Å². The maximum Gasteiger partial charge on any atom is 0.132 e. The van der Waals surface area contributed by atoms with Crippen molar-refractivity contribution in [3.05, 3.63) is 64.7 Å². The standard InChI is InChI=1S/C17H16O2/c1-2-12-7-8-17-15(9-12)16(10-18)14-6-4-3-5-13(14)11-19-17/h3-10,16H,2,11H2,1H3/t16-/m0/s1. The van der Waals surface area contributed by atoms with Crippen LogP contribution in [0.1, 0.15) is 35.1 Å². The van der Waals surface area contributed by atoms with Crippen LogP contribution in [0.5, 0.6) is 5.75 Å². The summed E-state index contributed by atoms with van der Waals surface area (Å²) in [5.41, 5.74) is 4.37. The lowest BCUT2D eigenvalue weighted by atomic mass is 9.88. The van der Waals surface area contributed by atoms with Crippen LogP contribution in [0.25, 0.3) is 0 Å². The van der Waals surface area contributed by atoms with Gasteiger partial charge in [0.25, 0.3) is 0 Å². The van der Waals surface area contributed by atoms with Crippen LogP contribution in [0.2, 0.25) is 0 Å². The van der Waals surface area contributed by atoms with E-state index in [4.69, 9.17) is 4.74 Å². The van der Waals surface area contributed by atoms with Gasteiger partial charge in [-0.05, 0) is 29.2 Å². The number of rotatable bonds is 2. The number of aryl methyl sites for hydroxylation is 1. The van der Waals surface area contributed by atoms with Gasteiger partial charge in [0.15, 0.2) is 0 Å². The van der Waals surface area contributed by atoms with Gasteiger partial charge in [0.2, 0.25) is 0 Å². The SMILES string of the molecule is CCc1ccc2c(c1)[C@@H](C=O)c1ccccc1CO2. The van der Waals surface area contributed by atoms with E-state index in [1.807, 2.05) is 30.3 Å². The highest BCUT2D eigenvalue weighted by molar-refractivity contribution is 5.72. The lowest BCUT2D eigenvalue weighted by molar-refractivity contribution is -0.108. The highest BCUT2D eigenvalue weighted by atomic mass is 16.5. The summed E-state index contributed by atoms with van der Waals surface area (Å²) in [7, 11) is 0. The Labute approximate surface area is 113 Å². The molecule has 0 saturated heterocycles. The van der Waals surface area contributed by atoms with Crippen LogP contribution in [0, 0.1) is 0 Å². The second-order valence-electron chi connectivity index (χ2n) is 4.83. The first-order chi connectivity index (χ1) is 9.33. The minimum absolute atomic E-state index is 0.222. The first-order valence-electron chi connectivity index (χ1n) is 6.62. The van der Waals surface area contributed by atoms with Gasteiger partial charge in [-0.1, -0.05) is 43.3 Å². The van der Waals surface area contributed by atoms with Crippen LogP contribution in [0.4, 0.5) is 0 Å². The highest BCUT2D eigenvalue weighted by Crippen LogP contribution is 2.36. The van der Waals surface area contributed by atoms with Gasteiger partial charge in [0.1, 0.15) is 18.6 Å². The van der Waals surface area contributed by atoms with E-state index in [0.29, 0.717) is 6.61 Å². The molecular formula is C17H16O2. The molecule has 0 unspecified atom stereocenters. The van der Waals surface area contributed by atoms with E-state index in [0.717, 1.165) is 35.1 Å². The Hall–Kier alpha value is -2.09. The molecule has 2 aromatic carbocycles. The molecule has 0 aromatic heterocycles. The topological polar surface area (TPSA) is 26.3 Å². The van der Waals surface area contributed by atoms with Gasteiger partial charge in [-0.2, -0.15) is 0 Å². The number of aldehydes is 1. The minimum Gasteiger partial charge on any atom is -0.489 e. The lowest BCUT2D eigenvalue weighted by Crippen LogP contribution is -2.04. The molecule has 0 saturated carbocycles. The lowest BCUT2D eigenvalue weighted by Gasteiger charge is -2.13. The van der Waals surface area contributed by atoms with Crippen molar-refractivity contribution >= 4 is 6.29 Å². The number of benzene rings is 2. The molecule has 0 amide bonds. The fourth-order valence-electron chi connectivity index (χ4n) is 2.63. The molecule has 2 nitrogen and oxygen atoms in total. The third-order valence-electron chi connectivity index (χ3n) is 3.73. The maximum atomic E-state index is 11.6. The van der Waals surface area contributed by atoms with Gasteiger partial charge >= 0.3 is 0 Å². The molecule has 1 aliphatic heterocycles. The van der Waals surface area contributed by atoms with Crippen molar-refractivity contribution in [2.45, 2.75) is 25.9 Å². The third kappa shape index (κ3) is 2.03. The van der Waals surface area contributed by atoms with E-state index in [1.54, 1.807) is 0 Å². The predicted molar refractivity (Wildman–Crippen MR) is 74.5 cm³/mol. The van der Waals surface area contributed by atoms with Crippen LogP contribution in [0.15, 0.2) is 42.5 Å². The molecule has 1 aliphatic rings. The summed E-state index contributed by atoms with van der Waals surface area (Å²) in [6.07, 6.45) is 1.98. The van der Waals surface area contributed by atoms with Gasteiger partial charge in [0.05, 0.1) is 5.92 Å². The summed E-state index contributed by atoms with van der Waals surface area (Å²) >= 11 is 0. The number of hydrogen-bond donors (Lipinski definition) is 0. The second-order valence-corrected chi connectivity index (χ2v) is 4.83. The van der Waals surface area contributed by atoms with Crippen LogP contribution in [0.3, 0.4) is 0 Å². The average molecular weight is 252 g/mol. The van der Waals surface area contributed by atoms with E-state index in [9.17, 15) is 4.79 Å². The van der Waals surface area contributed by atoms with Crippen molar-refractivity contribution in [2.24, 2.45) is 0 Å². The largest absolute Gasteiger partial charge is 0.489 e. The fourth-order valence-corrected chi connectivity index (χ4v) is 2.63. The molecule has 0 N–H and O–H groups in total. The number of fused-ring (bicyclic) bond motifs is 2. The molecule has 96 valence electrons. The number of carbonyl (C=O) groups excluding carboxylic acids is 1. The first-order valence-corrected chi connectivity index (χ1v) is 6.62. The fraction of sp³-hybridized carbons (Fsp3) is 0.235. The van der Waals surface area contributed by atoms with E-state index < -0.39 is 0 Å². The zero-order chi connectivity index (χ0) is 13.2. The summed E-state index contributed by atoms with van der Waals surface area (Å²) in [5.74, 6) is 0.602. The molecule has 2 aromatic rings. The normalized spacial score (nSPS) is 16.8. The van der Waals surface area contributed by atoms with Gasteiger partial charge in [-0.15, -0.1) is 0 Å². The van der Waals surface area contributed by atoms with Crippen molar-refractivity contribution in [1.82, 2.24) is 0 Å². The molecule has 1 atom stereocenters. The molecule has 0 bridgehead atoms. The van der Waals surface area contributed by atoms with E-state index in [2.05, 4.69) is 19.1 Å². The van der Waals surface area contributed by atoms with Crippen LogP contribution < -0.4 is 4.74 Å². The van der Waals surface area contributed by atoms with Crippen molar-refractivity contribution in [2.75, 3.05) is 0 Å². The Balaban J connectivity index is 2.19.